The Morgan fingerprint density at radius 2 is 2.13 bits per heavy atom. The zero-order valence-corrected chi connectivity index (χ0v) is 7.94. The maximum Gasteiger partial charge on any atom is 0.354 e. The number of carbonyl (C=O) groups is 2. The average molecular weight is 204 g/mol. The number of hydrogen-bond acceptors (Lipinski definition) is 3. The van der Waals surface area contributed by atoms with Crippen molar-refractivity contribution in [2.24, 2.45) is 0 Å². The number of aromatic carboxylic acids is 1. The summed E-state index contributed by atoms with van der Waals surface area (Å²) in [5.41, 5.74) is 0.897. The standard InChI is InChI=1S/C10H8N2O3/c1-5(13)7-4-11-9-6(7)2-3-8(12-9)10(14)15/h2-4H,1H3,(H,11,12)(H,14,15). The van der Waals surface area contributed by atoms with Crippen LogP contribution in [0.15, 0.2) is 18.3 Å². The third-order valence-electron chi connectivity index (χ3n) is 2.14. The van der Waals surface area contributed by atoms with Crippen molar-refractivity contribution < 1.29 is 14.7 Å². The Morgan fingerprint density at radius 3 is 2.73 bits per heavy atom. The molecule has 0 saturated carbocycles. The average Bonchev–Trinajstić information content (AvgIpc) is 2.59. The second-order valence-corrected chi connectivity index (χ2v) is 3.16. The summed E-state index contributed by atoms with van der Waals surface area (Å²) >= 11 is 0. The molecule has 5 heteroatoms. The third-order valence-corrected chi connectivity index (χ3v) is 2.14. The molecule has 5 nitrogen and oxygen atoms in total. The molecule has 2 rings (SSSR count). The second kappa shape index (κ2) is 3.20. The first-order valence-electron chi connectivity index (χ1n) is 4.32. The number of nitrogens with zero attached hydrogens (tertiary/aromatic N) is 1. The first kappa shape index (κ1) is 9.39. The summed E-state index contributed by atoms with van der Waals surface area (Å²) in [6.45, 7) is 1.45. The molecular formula is C10H8N2O3. The third kappa shape index (κ3) is 1.48. The lowest BCUT2D eigenvalue weighted by molar-refractivity contribution is 0.0690. The smallest absolute Gasteiger partial charge is 0.354 e. The van der Waals surface area contributed by atoms with Crippen LogP contribution in [0.5, 0.6) is 0 Å². The number of carbonyl (C=O) groups excluding carboxylic acids is 1. The van der Waals surface area contributed by atoms with Gasteiger partial charge in [0, 0.05) is 17.1 Å². The molecule has 2 N–H and O–H groups in total. The fraction of sp³-hybridized carbons (Fsp3) is 0.100. The largest absolute Gasteiger partial charge is 0.477 e. The van der Waals surface area contributed by atoms with E-state index in [1.165, 1.54) is 19.2 Å². The minimum atomic E-state index is -1.09. The van der Waals surface area contributed by atoms with Gasteiger partial charge in [0.2, 0.25) is 0 Å². The van der Waals surface area contributed by atoms with Crippen LogP contribution < -0.4 is 0 Å². The molecule has 0 aliphatic heterocycles. The molecule has 0 unspecified atom stereocenters. The van der Waals surface area contributed by atoms with Crippen molar-refractivity contribution in [3.8, 4) is 0 Å². The number of carboxylic acids is 1. The summed E-state index contributed by atoms with van der Waals surface area (Å²) in [7, 11) is 0. The summed E-state index contributed by atoms with van der Waals surface area (Å²) in [5, 5.41) is 9.36. The van der Waals surface area contributed by atoms with E-state index in [0.29, 0.717) is 16.6 Å². The molecule has 0 aromatic carbocycles. The van der Waals surface area contributed by atoms with E-state index >= 15 is 0 Å². The molecule has 0 spiro atoms. The van der Waals surface area contributed by atoms with Gasteiger partial charge in [0.25, 0.3) is 0 Å². The van der Waals surface area contributed by atoms with Crippen LogP contribution in [0.2, 0.25) is 0 Å². The van der Waals surface area contributed by atoms with Crippen LogP contribution in [0.3, 0.4) is 0 Å². The minimum absolute atomic E-state index is 0.0422. The van der Waals surface area contributed by atoms with Crippen LogP contribution in [-0.4, -0.2) is 26.8 Å². The Balaban J connectivity index is 2.66. The van der Waals surface area contributed by atoms with Crippen LogP contribution in [-0.2, 0) is 0 Å². The highest BCUT2D eigenvalue weighted by Crippen LogP contribution is 2.17. The Bertz CT molecular complexity index is 557. The van der Waals surface area contributed by atoms with Crippen molar-refractivity contribution in [1.82, 2.24) is 9.97 Å². The van der Waals surface area contributed by atoms with E-state index in [9.17, 15) is 9.59 Å². The molecule has 2 aromatic heterocycles. The number of hydrogen-bond donors (Lipinski definition) is 2. The maximum absolute atomic E-state index is 11.2. The molecule has 76 valence electrons. The second-order valence-electron chi connectivity index (χ2n) is 3.16. The van der Waals surface area contributed by atoms with Crippen LogP contribution >= 0.6 is 0 Å². The number of ketones is 1. The van der Waals surface area contributed by atoms with E-state index in [1.54, 1.807) is 6.07 Å². The first-order valence-corrected chi connectivity index (χ1v) is 4.32. The summed E-state index contributed by atoms with van der Waals surface area (Å²) in [6, 6.07) is 2.96. The van der Waals surface area contributed by atoms with E-state index in [-0.39, 0.29) is 11.5 Å². The minimum Gasteiger partial charge on any atom is -0.477 e. The predicted octanol–water partition coefficient (Wildman–Crippen LogP) is 1.46. The SMILES string of the molecule is CC(=O)c1c[nH]c2nc(C(=O)O)ccc12. The highest BCUT2D eigenvalue weighted by atomic mass is 16.4. The molecule has 0 atom stereocenters. The number of fused-ring (bicyclic) bond motifs is 1. The van der Waals surface area contributed by atoms with E-state index in [2.05, 4.69) is 9.97 Å². The van der Waals surface area contributed by atoms with Gasteiger partial charge in [-0.05, 0) is 19.1 Å². The van der Waals surface area contributed by atoms with Gasteiger partial charge in [-0.25, -0.2) is 9.78 Å². The Labute approximate surface area is 84.8 Å². The van der Waals surface area contributed by atoms with Crippen LogP contribution in [0.4, 0.5) is 0 Å². The van der Waals surface area contributed by atoms with E-state index in [4.69, 9.17) is 5.11 Å². The summed E-state index contributed by atoms with van der Waals surface area (Å²) < 4.78 is 0. The van der Waals surface area contributed by atoms with E-state index in [0.717, 1.165) is 0 Å². The predicted molar refractivity (Wildman–Crippen MR) is 53.1 cm³/mol. The van der Waals surface area contributed by atoms with Gasteiger partial charge in [-0.15, -0.1) is 0 Å². The molecule has 0 aliphatic rings. The fourth-order valence-corrected chi connectivity index (χ4v) is 1.42. The maximum atomic E-state index is 11.2. The quantitative estimate of drug-likeness (QED) is 0.725. The monoisotopic (exact) mass is 204 g/mol. The van der Waals surface area contributed by atoms with E-state index < -0.39 is 5.97 Å². The fourth-order valence-electron chi connectivity index (χ4n) is 1.42. The van der Waals surface area contributed by atoms with Crippen LogP contribution in [0.25, 0.3) is 11.0 Å². The highest BCUT2D eigenvalue weighted by Gasteiger charge is 2.11. The molecule has 0 radical (unpaired) electrons. The van der Waals surface area contributed by atoms with Crippen molar-refractivity contribution in [1.29, 1.82) is 0 Å². The van der Waals surface area contributed by atoms with Gasteiger partial charge in [0.1, 0.15) is 5.65 Å². The topological polar surface area (TPSA) is 83.0 Å². The first-order chi connectivity index (χ1) is 7.09. The Hall–Kier alpha value is -2.17. The van der Waals surface area contributed by atoms with Crippen molar-refractivity contribution in [2.45, 2.75) is 6.92 Å². The van der Waals surface area contributed by atoms with Gasteiger partial charge in [0.15, 0.2) is 11.5 Å². The molecule has 0 bridgehead atoms. The van der Waals surface area contributed by atoms with Gasteiger partial charge in [-0.3, -0.25) is 4.79 Å². The number of carboxylic acid groups (broad SMARTS) is 1. The van der Waals surface area contributed by atoms with Gasteiger partial charge in [-0.2, -0.15) is 0 Å². The Morgan fingerprint density at radius 1 is 1.40 bits per heavy atom. The zero-order chi connectivity index (χ0) is 11.0. The van der Waals surface area contributed by atoms with Crippen molar-refractivity contribution in [3.63, 3.8) is 0 Å². The lowest BCUT2D eigenvalue weighted by Gasteiger charge is -1.94. The zero-order valence-electron chi connectivity index (χ0n) is 7.94. The van der Waals surface area contributed by atoms with E-state index in [1.807, 2.05) is 0 Å². The molecule has 2 aromatic rings. The molecular weight excluding hydrogens is 196 g/mol. The normalized spacial score (nSPS) is 10.5. The summed E-state index contributed by atoms with van der Waals surface area (Å²) in [6.07, 6.45) is 1.53. The van der Waals surface area contributed by atoms with Gasteiger partial charge < -0.3 is 10.1 Å². The van der Waals surface area contributed by atoms with Crippen molar-refractivity contribution in [3.05, 3.63) is 29.6 Å². The summed E-state index contributed by atoms with van der Waals surface area (Å²) in [5.74, 6) is -1.16. The number of aromatic nitrogens is 2. The number of Topliss-reactive ketones (excluding diaryl/α,β-unsaturated/α-hetero) is 1. The van der Waals surface area contributed by atoms with Crippen molar-refractivity contribution >= 4 is 22.8 Å². The molecule has 0 amide bonds. The molecule has 0 fully saturated rings. The number of aromatic amines is 1. The molecule has 15 heavy (non-hydrogen) atoms. The summed E-state index contributed by atoms with van der Waals surface area (Å²) in [4.78, 5) is 28.5. The van der Waals surface area contributed by atoms with Gasteiger partial charge in [0.05, 0.1) is 0 Å². The number of H-pyrrole nitrogens is 1. The number of nitrogens with one attached hydrogen (secondary N) is 1. The molecule has 0 aliphatic carbocycles. The van der Waals surface area contributed by atoms with Gasteiger partial charge in [-0.1, -0.05) is 0 Å². The van der Waals surface area contributed by atoms with Crippen LogP contribution in [0, 0.1) is 0 Å². The highest BCUT2D eigenvalue weighted by molar-refractivity contribution is 6.06. The lowest BCUT2D eigenvalue weighted by atomic mass is 10.1. The lowest BCUT2D eigenvalue weighted by Crippen LogP contribution is -1.99. The number of pyridine rings is 1. The number of rotatable bonds is 2. The van der Waals surface area contributed by atoms with Gasteiger partial charge >= 0.3 is 5.97 Å². The van der Waals surface area contributed by atoms with Crippen LogP contribution in [0.1, 0.15) is 27.8 Å². The molecule has 2 heterocycles. The van der Waals surface area contributed by atoms with Crippen molar-refractivity contribution in [2.75, 3.05) is 0 Å². The Kier molecular flexibility index (Phi) is 2.00. The molecule has 0 saturated heterocycles.